The number of hydrogen-bond acceptors (Lipinski definition) is 5. The van der Waals surface area contributed by atoms with Crippen molar-refractivity contribution in [2.45, 2.75) is 18.9 Å². The molecule has 0 spiro atoms. The number of hydrogen-bond donors (Lipinski definition) is 2. The quantitative estimate of drug-likeness (QED) is 0.796. The first-order valence-corrected chi connectivity index (χ1v) is 8.35. The van der Waals surface area contributed by atoms with Gasteiger partial charge in [0.2, 0.25) is 0 Å². The van der Waals surface area contributed by atoms with Crippen molar-refractivity contribution in [1.82, 2.24) is 5.32 Å². The van der Waals surface area contributed by atoms with Crippen molar-refractivity contribution in [1.29, 1.82) is 0 Å². The number of amides is 1. The first kappa shape index (κ1) is 16.6. The molecule has 0 unspecified atom stereocenters. The summed E-state index contributed by atoms with van der Waals surface area (Å²) in [5, 5.41) is 13.4. The molecule has 6 heteroatoms. The number of carbonyl (C=O) groups is 1. The van der Waals surface area contributed by atoms with E-state index in [4.69, 9.17) is 4.42 Å². The SMILES string of the molecule is CSCC[C@](C)(O)CNC(=O)c1cc2ccccc2oc1=O. The van der Waals surface area contributed by atoms with E-state index in [9.17, 15) is 14.7 Å². The normalized spacial score (nSPS) is 13.8. The van der Waals surface area contributed by atoms with Crippen LogP contribution in [-0.4, -0.2) is 35.2 Å². The van der Waals surface area contributed by atoms with Crippen molar-refractivity contribution < 1.29 is 14.3 Å². The number of rotatable bonds is 6. The Kier molecular flexibility index (Phi) is 5.26. The molecular formula is C16H19NO4S. The van der Waals surface area contributed by atoms with Crippen LogP contribution in [0.4, 0.5) is 0 Å². The molecule has 2 rings (SSSR count). The van der Waals surface area contributed by atoms with E-state index in [1.54, 1.807) is 43.0 Å². The summed E-state index contributed by atoms with van der Waals surface area (Å²) in [6.07, 6.45) is 2.51. The lowest BCUT2D eigenvalue weighted by atomic mass is 10.0. The summed E-state index contributed by atoms with van der Waals surface area (Å²) in [6.45, 7) is 1.74. The van der Waals surface area contributed by atoms with Gasteiger partial charge in [-0.15, -0.1) is 0 Å². The molecule has 0 aliphatic rings. The van der Waals surface area contributed by atoms with Gasteiger partial charge in [-0.2, -0.15) is 11.8 Å². The molecule has 1 aromatic heterocycles. The molecule has 0 aliphatic carbocycles. The summed E-state index contributed by atoms with van der Waals surface area (Å²) in [5.41, 5.74) is -1.30. The van der Waals surface area contributed by atoms with E-state index in [1.165, 1.54) is 6.07 Å². The Morgan fingerprint density at radius 3 is 2.86 bits per heavy atom. The number of para-hydroxylation sites is 1. The largest absolute Gasteiger partial charge is 0.422 e. The van der Waals surface area contributed by atoms with Crippen LogP contribution in [0.25, 0.3) is 11.0 Å². The third-order valence-corrected chi connectivity index (χ3v) is 3.97. The Morgan fingerprint density at radius 2 is 2.14 bits per heavy atom. The molecule has 22 heavy (non-hydrogen) atoms. The minimum Gasteiger partial charge on any atom is -0.422 e. The number of nitrogens with one attached hydrogen (secondary N) is 1. The minimum absolute atomic E-state index is 0.0561. The molecule has 2 aromatic rings. The van der Waals surface area contributed by atoms with E-state index >= 15 is 0 Å². The Bertz CT molecular complexity index is 723. The zero-order valence-corrected chi connectivity index (χ0v) is 13.4. The zero-order chi connectivity index (χ0) is 16.2. The molecule has 0 fully saturated rings. The van der Waals surface area contributed by atoms with Gasteiger partial charge in [0.15, 0.2) is 0 Å². The Hall–Kier alpha value is -1.79. The highest BCUT2D eigenvalue weighted by atomic mass is 32.2. The number of carbonyl (C=O) groups excluding carboxylic acids is 1. The average molecular weight is 321 g/mol. The molecular weight excluding hydrogens is 302 g/mol. The van der Waals surface area contributed by atoms with Gasteiger partial charge < -0.3 is 14.8 Å². The summed E-state index contributed by atoms with van der Waals surface area (Å²) in [4.78, 5) is 24.0. The molecule has 118 valence electrons. The Balaban J connectivity index is 2.13. The number of aliphatic hydroxyl groups is 1. The molecule has 0 bridgehead atoms. The monoisotopic (exact) mass is 321 g/mol. The summed E-state index contributed by atoms with van der Waals surface area (Å²) < 4.78 is 5.13. The van der Waals surface area contributed by atoms with Gasteiger partial charge in [-0.25, -0.2) is 4.79 Å². The van der Waals surface area contributed by atoms with Gasteiger partial charge in [-0.3, -0.25) is 4.79 Å². The van der Waals surface area contributed by atoms with E-state index in [0.717, 1.165) is 5.75 Å². The minimum atomic E-state index is -1.00. The highest BCUT2D eigenvalue weighted by Crippen LogP contribution is 2.14. The highest BCUT2D eigenvalue weighted by molar-refractivity contribution is 7.98. The van der Waals surface area contributed by atoms with Crippen molar-refractivity contribution in [3.8, 4) is 0 Å². The second-order valence-corrected chi connectivity index (χ2v) is 6.39. The summed E-state index contributed by atoms with van der Waals surface area (Å²) in [5.74, 6) is 0.255. The van der Waals surface area contributed by atoms with Crippen LogP contribution in [0.15, 0.2) is 39.5 Å². The van der Waals surface area contributed by atoms with Crippen LogP contribution in [0.5, 0.6) is 0 Å². The molecule has 2 N–H and O–H groups in total. The van der Waals surface area contributed by atoms with Crippen LogP contribution in [-0.2, 0) is 0 Å². The van der Waals surface area contributed by atoms with Crippen LogP contribution < -0.4 is 10.9 Å². The predicted molar refractivity (Wildman–Crippen MR) is 88.4 cm³/mol. The molecule has 0 aliphatic heterocycles. The lowest BCUT2D eigenvalue weighted by molar-refractivity contribution is 0.0527. The van der Waals surface area contributed by atoms with Crippen molar-refractivity contribution in [2.75, 3.05) is 18.6 Å². The van der Waals surface area contributed by atoms with Crippen LogP contribution >= 0.6 is 11.8 Å². The summed E-state index contributed by atoms with van der Waals surface area (Å²) in [7, 11) is 0. The van der Waals surface area contributed by atoms with E-state index < -0.39 is 17.1 Å². The average Bonchev–Trinajstić information content (AvgIpc) is 2.50. The van der Waals surface area contributed by atoms with Gasteiger partial charge in [0.25, 0.3) is 5.91 Å². The van der Waals surface area contributed by atoms with Crippen LogP contribution in [0, 0.1) is 0 Å². The maximum Gasteiger partial charge on any atom is 0.349 e. The van der Waals surface area contributed by atoms with E-state index in [0.29, 0.717) is 17.4 Å². The zero-order valence-electron chi connectivity index (χ0n) is 12.6. The molecule has 5 nitrogen and oxygen atoms in total. The van der Waals surface area contributed by atoms with Gasteiger partial charge in [-0.1, -0.05) is 18.2 Å². The van der Waals surface area contributed by atoms with Gasteiger partial charge >= 0.3 is 5.63 Å². The predicted octanol–water partition coefficient (Wildman–Crippen LogP) is 2.03. The maximum atomic E-state index is 12.1. The summed E-state index contributed by atoms with van der Waals surface area (Å²) in [6, 6.07) is 8.51. The number of thioether (sulfide) groups is 1. The van der Waals surface area contributed by atoms with Crippen LogP contribution in [0.1, 0.15) is 23.7 Å². The molecule has 0 saturated heterocycles. The van der Waals surface area contributed by atoms with Crippen molar-refractivity contribution in [3.05, 3.63) is 46.3 Å². The topological polar surface area (TPSA) is 79.5 Å². The lowest BCUT2D eigenvalue weighted by Gasteiger charge is -2.23. The van der Waals surface area contributed by atoms with Gasteiger partial charge in [0, 0.05) is 11.9 Å². The van der Waals surface area contributed by atoms with E-state index in [1.807, 2.05) is 6.26 Å². The van der Waals surface area contributed by atoms with Crippen molar-refractivity contribution >= 4 is 28.6 Å². The standard InChI is InChI=1S/C16H19NO4S/c1-16(20,7-8-22-2)10-17-14(18)12-9-11-5-3-4-6-13(11)21-15(12)19/h3-6,9,20H,7-8,10H2,1-2H3,(H,17,18)/t16-/m0/s1. The smallest absolute Gasteiger partial charge is 0.349 e. The van der Waals surface area contributed by atoms with Crippen molar-refractivity contribution in [3.63, 3.8) is 0 Å². The first-order valence-electron chi connectivity index (χ1n) is 6.95. The molecule has 0 radical (unpaired) electrons. The Labute approximate surface area is 132 Å². The van der Waals surface area contributed by atoms with Crippen LogP contribution in [0.3, 0.4) is 0 Å². The van der Waals surface area contributed by atoms with Crippen molar-refractivity contribution in [2.24, 2.45) is 0 Å². The third kappa shape index (κ3) is 4.11. The maximum absolute atomic E-state index is 12.1. The van der Waals surface area contributed by atoms with Gasteiger partial charge in [0.1, 0.15) is 11.1 Å². The third-order valence-electron chi connectivity index (χ3n) is 3.36. The fourth-order valence-corrected chi connectivity index (χ4v) is 2.64. The fourth-order valence-electron chi connectivity index (χ4n) is 2.00. The number of fused-ring (bicyclic) bond motifs is 1. The number of benzene rings is 1. The first-order chi connectivity index (χ1) is 10.4. The molecule has 0 saturated carbocycles. The van der Waals surface area contributed by atoms with E-state index in [2.05, 4.69) is 5.32 Å². The molecule has 1 amide bonds. The Morgan fingerprint density at radius 1 is 1.41 bits per heavy atom. The van der Waals surface area contributed by atoms with Gasteiger partial charge in [-0.05, 0) is 37.5 Å². The van der Waals surface area contributed by atoms with Gasteiger partial charge in [0.05, 0.1) is 5.60 Å². The summed E-state index contributed by atoms with van der Waals surface area (Å²) >= 11 is 1.63. The molecule has 1 aromatic carbocycles. The second kappa shape index (κ2) is 6.98. The lowest BCUT2D eigenvalue weighted by Crippen LogP contribution is -2.42. The van der Waals surface area contributed by atoms with E-state index in [-0.39, 0.29) is 12.1 Å². The fraction of sp³-hybridized carbons (Fsp3) is 0.375. The molecule has 1 atom stereocenters. The second-order valence-electron chi connectivity index (χ2n) is 5.41. The molecule has 1 heterocycles. The van der Waals surface area contributed by atoms with Crippen LogP contribution in [0.2, 0.25) is 0 Å². The highest BCUT2D eigenvalue weighted by Gasteiger charge is 2.22.